The Morgan fingerprint density at radius 2 is 1.64 bits per heavy atom. The van der Waals surface area contributed by atoms with E-state index in [2.05, 4.69) is 4.85 Å². The van der Waals surface area contributed by atoms with Crippen LogP contribution in [0.3, 0.4) is 0 Å². The first-order valence-corrected chi connectivity index (χ1v) is 15.3. The van der Waals surface area contributed by atoms with E-state index in [1.54, 1.807) is 19.1 Å². The number of carbonyl (C=O) groups excluding carboxylic acids is 1. The van der Waals surface area contributed by atoms with E-state index in [1.165, 1.54) is 31.2 Å². The molecule has 42 heavy (non-hydrogen) atoms. The van der Waals surface area contributed by atoms with Crippen LogP contribution in [0.25, 0.3) is 4.85 Å². The van der Waals surface area contributed by atoms with Gasteiger partial charge in [-0.05, 0) is 67.4 Å². The first-order valence-electron chi connectivity index (χ1n) is 12.0. The summed E-state index contributed by atoms with van der Waals surface area (Å²) < 4.78 is 94.9. The highest BCUT2D eigenvalue weighted by molar-refractivity contribution is 7.91. The Balaban J connectivity index is 2.12. The zero-order chi connectivity index (χ0) is 31.2. The van der Waals surface area contributed by atoms with Crippen LogP contribution in [0.5, 0.6) is 0 Å². The topological polar surface area (TPSA) is 120 Å². The molecule has 0 radical (unpaired) electrons. The number of halogens is 3. The number of amides is 2. The molecule has 1 heterocycles. The molecule has 0 spiro atoms. The standard InChI is InChI=1S/C28H21F3N4O5S2/c1-17-7-5-10-22(13-17)42(39,40)35-26(23-12-11-19(16-32)14-24(23)41(4,37)38)25(33-3)18(2)34(27(35)36)21-9-6-8-20(15-21)28(29,30)31/h5-15,26H,1-2,4H3/t26-/m1/s1. The summed E-state index contributed by atoms with van der Waals surface area (Å²) in [6.45, 7) is 10.8. The minimum Gasteiger partial charge on any atom is -0.277 e. The van der Waals surface area contributed by atoms with E-state index in [0.29, 0.717) is 20.8 Å². The first kappa shape index (κ1) is 30.3. The van der Waals surface area contributed by atoms with Crippen LogP contribution >= 0.6 is 0 Å². The van der Waals surface area contributed by atoms with Gasteiger partial charge in [-0.15, -0.1) is 0 Å². The lowest BCUT2D eigenvalue weighted by atomic mass is 9.98. The highest BCUT2D eigenvalue weighted by atomic mass is 32.2. The highest BCUT2D eigenvalue weighted by Crippen LogP contribution is 2.45. The van der Waals surface area contributed by atoms with Crippen LogP contribution in [0.2, 0.25) is 0 Å². The van der Waals surface area contributed by atoms with Gasteiger partial charge in [-0.3, -0.25) is 4.90 Å². The van der Waals surface area contributed by atoms with Crippen molar-refractivity contribution in [1.29, 1.82) is 5.26 Å². The van der Waals surface area contributed by atoms with Crippen LogP contribution in [0.4, 0.5) is 23.7 Å². The van der Waals surface area contributed by atoms with Gasteiger partial charge in [-0.2, -0.15) is 18.4 Å². The van der Waals surface area contributed by atoms with Crippen molar-refractivity contribution >= 4 is 31.6 Å². The summed E-state index contributed by atoms with van der Waals surface area (Å²) in [5.41, 5.74) is -1.98. The lowest BCUT2D eigenvalue weighted by Crippen LogP contribution is -2.52. The molecule has 1 aliphatic heterocycles. The van der Waals surface area contributed by atoms with Gasteiger partial charge in [-0.1, -0.05) is 24.3 Å². The van der Waals surface area contributed by atoms with Crippen molar-refractivity contribution in [1.82, 2.24) is 4.31 Å². The number of allylic oxidation sites excluding steroid dienone is 1. The van der Waals surface area contributed by atoms with E-state index in [1.807, 2.05) is 0 Å². The summed E-state index contributed by atoms with van der Waals surface area (Å²) in [5, 5.41) is 9.36. The molecule has 4 rings (SSSR count). The van der Waals surface area contributed by atoms with Gasteiger partial charge in [0.2, 0.25) is 5.70 Å². The molecule has 1 atom stereocenters. The molecule has 0 aliphatic carbocycles. The Morgan fingerprint density at radius 1 is 0.976 bits per heavy atom. The number of sulfone groups is 1. The van der Waals surface area contributed by atoms with E-state index in [-0.39, 0.29) is 27.4 Å². The van der Waals surface area contributed by atoms with Gasteiger partial charge >= 0.3 is 12.2 Å². The van der Waals surface area contributed by atoms with Crippen molar-refractivity contribution in [2.75, 3.05) is 11.2 Å². The van der Waals surface area contributed by atoms with Crippen LogP contribution in [-0.2, 0) is 26.0 Å². The summed E-state index contributed by atoms with van der Waals surface area (Å²) in [5.74, 6) is 0. The van der Waals surface area contributed by atoms with E-state index in [4.69, 9.17) is 6.57 Å². The molecule has 0 unspecified atom stereocenters. The Hall–Kier alpha value is -4.66. The second-order valence-electron chi connectivity index (χ2n) is 9.41. The van der Waals surface area contributed by atoms with E-state index in [0.717, 1.165) is 36.6 Å². The molecule has 3 aromatic carbocycles. The summed E-state index contributed by atoms with van der Waals surface area (Å²) in [7, 11) is -9.03. The molecular weight excluding hydrogens is 593 g/mol. The van der Waals surface area contributed by atoms with E-state index >= 15 is 0 Å². The molecule has 216 valence electrons. The number of nitrogens with zero attached hydrogens (tertiary/aromatic N) is 4. The van der Waals surface area contributed by atoms with Crippen LogP contribution < -0.4 is 4.90 Å². The van der Waals surface area contributed by atoms with Crippen molar-refractivity contribution in [2.45, 2.75) is 35.9 Å². The Morgan fingerprint density at radius 3 is 2.21 bits per heavy atom. The Labute approximate surface area is 240 Å². The average molecular weight is 615 g/mol. The number of sulfonamides is 1. The molecule has 0 saturated heterocycles. The number of alkyl halides is 3. The molecule has 14 heteroatoms. The fourth-order valence-electron chi connectivity index (χ4n) is 4.60. The second kappa shape index (κ2) is 10.6. The fourth-order valence-corrected chi connectivity index (χ4v) is 7.14. The number of rotatable bonds is 5. The van der Waals surface area contributed by atoms with Crippen molar-refractivity contribution < 1.29 is 34.8 Å². The number of urea groups is 1. The lowest BCUT2D eigenvalue weighted by Gasteiger charge is -2.41. The Kier molecular flexibility index (Phi) is 7.67. The summed E-state index contributed by atoms with van der Waals surface area (Å²) in [6.07, 6.45) is -3.97. The van der Waals surface area contributed by atoms with Crippen molar-refractivity contribution in [3.8, 4) is 6.07 Å². The van der Waals surface area contributed by atoms with Gasteiger partial charge in [-0.25, -0.2) is 30.8 Å². The molecule has 0 aromatic heterocycles. The van der Waals surface area contributed by atoms with Crippen molar-refractivity contribution in [3.63, 3.8) is 0 Å². The normalized spacial score (nSPS) is 16.3. The molecule has 0 N–H and O–H groups in total. The van der Waals surface area contributed by atoms with Crippen LogP contribution in [0, 0.1) is 24.8 Å². The van der Waals surface area contributed by atoms with E-state index in [9.17, 15) is 40.1 Å². The molecule has 1 aliphatic rings. The minimum absolute atomic E-state index is 0.0786. The predicted octanol–water partition coefficient (Wildman–Crippen LogP) is 5.81. The maximum atomic E-state index is 14.2. The average Bonchev–Trinajstić information content (AvgIpc) is 2.91. The smallest absolute Gasteiger partial charge is 0.277 e. The highest BCUT2D eigenvalue weighted by Gasteiger charge is 2.48. The number of hydrogen-bond acceptors (Lipinski definition) is 6. The Bertz CT molecular complexity index is 1960. The number of nitriles is 1. The molecule has 0 bridgehead atoms. The van der Waals surface area contributed by atoms with Gasteiger partial charge < -0.3 is 0 Å². The van der Waals surface area contributed by atoms with Gasteiger partial charge in [0.25, 0.3) is 10.0 Å². The largest absolute Gasteiger partial charge is 0.416 e. The van der Waals surface area contributed by atoms with Crippen molar-refractivity contribution in [2.24, 2.45) is 0 Å². The fraction of sp³-hybridized carbons (Fsp3) is 0.179. The number of benzene rings is 3. The van der Waals surface area contributed by atoms with E-state index < -0.39 is 54.3 Å². The van der Waals surface area contributed by atoms with Crippen LogP contribution in [0.15, 0.2) is 87.9 Å². The van der Waals surface area contributed by atoms with Crippen molar-refractivity contribution in [3.05, 3.63) is 112 Å². The first-order chi connectivity index (χ1) is 19.5. The van der Waals surface area contributed by atoms with Gasteiger partial charge in [0.1, 0.15) is 6.04 Å². The van der Waals surface area contributed by atoms with Gasteiger partial charge in [0.15, 0.2) is 9.84 Å². The number of carbonyl (C=O) groups is 1. The van der Waals surface area contributed by atoms with Gasteiger partial charge in [0.05, 0.1) is 33.6 Å². The quantitative estimate of drug-likeness (QED) is 0.335. The number of anilines is 1. The number of hydrogen-bond donors (Lipinski definition) is 0. The monoisotopic (exact) mass is 614 g/mol. The predicted molar refractivity (Wildman–Crippen MR) is 146 cm³/mol. The SMILES string of the molecule is [C-]#[N+]C1=C(C)N(c2cccc(C(F)(F)F)c2)C(=O)N(S(=O)(=O)c2cccc(C)c2)[C@@H]1c1ccc(C#N)cc1S(C)(=O)=O. The zero-order valence-electron chi connectivity index (χ0n) is 22.2. The second-order valence-corrected chi connectivity index (χ2v) is 13.2. The zero-order valence-corrected chi connectivity index (χ0v) is 23.8. The third kappa shape index (κ3) is 5.34. The lowest BCUT2D eigenvalue weighted by molar-refractivity contribution is -0.137. The number of aryl methyl sites for hydroxylation is 1. The maximum absolute atomic E-state index is 14.2. The maximum Gasteiger partial charge on any atom is 0.416 e. The summed E-state index contributed by atoms with van der Waals surface area (Å²) >= 11 is 0. The van der Waals surface area contributed by atoms with Gasteiger partial charge in [0, 0.05) is 17.6 Å². The van der Waals surface area contributed by atoms with Crippen LogP contribution in [-0.4, -0.2) is 33.4 Å². The molecular formula is C28H21F3N4O5S2. The third-order valence-electron chi connectivity index (χ3n) is 6.51. The van der Waals surface area contributed by atoms with Crippen LogP contribution in [0.1, 0.15) is 35.2 Å². The molecule has 0 saturated carbocycles. The summed E-state index contributed by atoms with van der Waals surface area (Å²) in [6, 6.07) is 11.0. The molecule has 0 fully saturated rings. The molecule has 3 aromatic rings. The minimum atomic E-state index is -4.87. The molecule has 9 nitrogen and oxygen atoms in total. The third-order valence-corrected chi connectivity index (χ3v) is 9.40. The summed E-state index contributed by atoms with van der Waals surface area (Å²) in [4.78, 5) is 17.4. The molecule has 2 amide bonds.